The summed E-state index contributed by atoms with van der Waals surface area (Å²) in [5.74, 6) is 0.528. The molecule has 3 aromatic heterocycles. The van der Waals surface area contributed by atoms with Crippen molar-refractivity contribution in [1.82, 2.24) is 20.2 Å². The van der Waals surface area contributed by atoms with Crippen LogP contribution in [0.5, 0.6) is 11.5 Å². The van der Waals surface area contributed by atoms with Gasteiger partial charge in [-0.15, -0.1) is 0 Å². The molecule has 3 heterocycles. The SMILES string of the molecule is O=C(Nc1ccc(Oc2ccnc3[nH]ccc23)cc1)c1n[nH]c2ccc(C(F)(F)F)cc12. The number of anilines is 1. The van der Waals surface area contributed by atoms with Crippen LogP contribution in [0.25, 0.3) is 21.9 Å². The van der Waals surface area contributed by atoms with Crippen LogP contribution in [-0.4, -0.2) is 26.1 Å². The molecule has 5 rings (SSSR count). The number of benzene rings is 2. The maximum Gasteiger partial charge on any atom is 0.416 e. The second kappa shape index (κ2) is 7.41. The van der Waals surface area contributed by atoms with E-state index in [0.29, 0.717) is 28.4 Å². The molecule has 0 unspecified atom stereocenters. The van der Waals surface area contributed by atoms with E-state index in [2.05, 4.69) is 25.5 Å². The van der Waals surface area contributed by atoms with Crippen LogP contribution in [0.1, 0.15) is 16.1 Å². The third-order valence-corrected chi connectivity index (χ3v) is 4.87. The number of rotatable bonds is 4. The number of nitrogens with one attached hydrogen (secondary N) is 3. The number of carbonyl (C=O) groups excluding carboxylic acids is 1. The Balaban J connectivity index is 1.34. The molecule has 0 radical (unpaired) electrons. The molecule has 0 aliphatic carbocycles. The van der Waals surface area contributed by atoms with Gasteiger partial charge in [0.05, 0.1) is 16.5 Å². The van der Waals surface area contributed by atoms with Gasteiger partial charge in [-0.2, -0.15) is 18.3 Å². The van der Waals surface area contributed by atoms with Crippen LogP contribution < -0.4 is 10.1 Å². The zero-order chi connectivity index (χ0) is 22.3. The monoisotopic (exact) mass is 437 g/mol. The minimum absolute atomic E-state index is 0.0884. The van der Waals surface area contributed by atoms with Crippen LogP contribution in [0, 0.1) is 0 Å². The Labute approximate surface area is 178 Å². The van der Waals surface area contributed by atoms with Crippen LogP contribution in [0.3, 0.4) is 0 Å². The Morgan fingerprint density at radius 3 is 2.59 bits per heavy atom. The molecule has 5 aromatic rings. The fourth-order valence-corrected chi connectivity index (χ4v) is 3.31. The zero-order valence-electron chi connectivity index (χ0n) is 16.2. The highest BCUT2D eigenvalue weighted by Crippen LogP contribution is 2.32. The van der Waals surface area contributed by atoms with Gasteiger partial charge >= 0.3 is 6.18 Å². The number of halogens is 3. The van der Waals surface area contributed by atoms with Gasteiger partial charge in [-0.25, -0.2) is 4.98 Å². The lowest BCUT2D eigenvalue weighted by atomic mass is 10.1. The summed E-state index contributed by atoms with van der Waals surface area (Å²) in [5.41, 5.74) is 0.492. The van der Waals surface area contributed by atoms with E-state index in [9.17, 15) is 18.0 Å². The summed E-state index contributed by atoms with van der Waals surface area (Å²) in [7, 11) is 0. The lowest BCUT2D eigenvalue weighted by Crippen LogP contribution is -2.13. The first-order chi connectivity index (χ1) is 15.4. The second-order valence-electron chi connectivity index (χ2n) is 6.96. The molecule has 160 valence electrons. The molecule has 2 aromatic carbocycles. The molecule has 32 heavy (non-hydrogen) atoms. The summed E-state index contributed by atoms with van der Waals surface area (Å²) in [5, 5.41) is 10.0. The largest absolute Gasteiger partial charge is 0.457 e. The summed E-state index contributed by atoms with van der Waals surface area (Å²) in [6.45, 7) is 0. The normalized spacial score (nSPS) is 11.7. The van der Waals surface area contributed by atoms with E-state index in [1.54, 1.807) is 42.7 Å². The number of carbonyl (C=O) groups is 1. The van der Waals surface area contributed by atoms with Gasteiger partial charge in [0.2, 0.25) is 0 Å². The number of hydrogen-bond acceptors (Lipinski definition) is 4. The Hall–Kier alpha value is -4.34. The van der Waals surface area contributed by atoms with Gasteiger partial charge in [0.15, 0.2) is 5.69 Å². The van der Waals surface area contributed by atoms with Crippen LogP contribution in [0.15, 0.2) is 67.0 Å². The number of aromatic amines is 2. The highest BCUT2D eigenvalue weighted by atomic mass is 19.4. The Morgan fingerprint density at radius 2 is 1.81 bits per heavy atom. The number of nitrogens with zero attached hydrogens (tertiary/aromatic N) is 2. The molecule has 7 nitrogen and oxygen atoms in total. The quantitative estimate of drug-likeness (QED) is 0.346. The van der Waals surface area contributed by atoms with Crippen molar-refractivity contribution in [2.45, 2.75) is 6.18 Å². The van der Waals surface area contributed by atoms with Gasteiger partial charge < -0.3 is 15.0 Å². The Morgan fingerprint density at radius 1 is 1.00 bits per heavy atom. The predicted octanol–water partition coefficient (Wildman–Crippen LogP) is 5.50. The van der Waals surface area contributed by atoms with E-state index in [4.69, 9.17) is 4.74 Å². The number of amides is 1. The molecule has 10 heteroatoms. The number of pyridine rings is 1. The topological polar surface area (TPSA) is 95.7 Å². The fourth-order valence-electron chi connectivity index (χ4n) is 3.31. The molecule has 3 N–H and O–H groups in total. The lowest BCUT2D eigenvalue weighted by Gasteiger charge is -2.09. The smallest absolute Gasteiger partial charge is 0.416 e. The standard InChI is InChI=1S/C22H14F3N5O2/c23-22(24,25)12-1-6-17-16(11-12)19(30-29-17)21(31)28-13-2-4-14(5-3-13)32-18-8-10-27-20-15(18)7-9-26-20/h1-11H,(H,26,27)(H,28,31)(H,29,30). The number of ether oxygens (including phenoxy) is 1. The molecule has 0 spiro atoms. The summed E-state index contributed by atoms with van der Waals surface area (Å²) >= 11 is 0. The molecule has 1 amide bonds. The molecule has 0 aliphatic heterocycles. The number of hydrogen-bond donors (Lipinski definition) is 3. The van der Waals surface area contributed by atoms with E-state index < -0.39 is 17.6 Å². The summed E-state index contributed by atoms with van der Waals surface area (Å²) in [6.07, 6.45) is -1.13. The van der Waals surface area contributed by atoms with Crippen LogP contribution in [0.4, 0.5) is 18.9 Å². The van der Waals surface area contributed by atoms with Gasteiger partial charge in [-0.1, -0.05) is 0 Å². The van der Waals surface area contributed by atoms with Crippen molar-refractivity contribution in [3.63, 3.8) is 0 Å². The van der Waals surface area contributed by atoms with Crippen LogP contribution in [-0.2, 0) is 6.18 Å². The first-order valence-corrected chi connectivity index (χ1v) is 9.45. The Bertz CT molecular complexity index is 1440. The summed E-state index contributed by atoms with van der Waals surface area (Å²) in [6, 6.07) is 13.3. The van der Waals surface area contributed by atoms with E-state index in [1.807, 2.05) is 6.07 Å². The van der Waals surface area contributed by atoms with E-state index in [1.165, 1.54) is 6.07 Å². The Kier molecular flexibility index (Phi) is 4.54. The highest BCUT2D eigenvalue weighted by molar-refractivity contribution is 6.11. The molecule has 0 bridgehead atoms. The van der Waals surface area contributed by atoms with Gasteiger partial charge in [-0.3, -0.25) is 9.89 Å². The number of fused-ring (bicyclic) bond motifs is 2. The number of H-pyrrole nitrogens is 2. The molecular weight excluding hydrogens is 423 g/mol. The minimum Gasteiger partial charge on any atom is -0.457 e. The number of aromatic nitrogens is 4. The predicted molar refractivity (Wildman–Crippen MR) is 112 cm³/mol. The van der Waals surface area contributed by atoms with Crippen molar-refractivity contribution in [2.75, 3.05) is 5.32 Å². The fraction of sp³-hybridized carbons (Fsp3) is 0.0455. The van der Waals surface area contributed by atoms with Crippen molar-refractivity contribution in [3.05, 3.63) is 78.2 Å². The zero-order valence-corrected chi connectivity index (χ0v) is 16.2. The van der Waals surface area contributed by atoms with E-state index >= 15 is 0 Å². The first kappa shape index (κ1) is 19.6. The van der Waals surface area contributed by atoms with E-state index in [0.717, 1.165) is 17.5 Å². The third kappa shape index (κ3) is 3.62. The highest BCUT2D eigenvalue weighted by Gasteiger charge is 2.31. The number of alkyl halides is 3. The average molecular weight is 437 g/mol. The second-order valence-corrected chi connectivity index (χ2v) is 6.96. The van der Waals surface area contributed by atoms with Crippen molar-refractivity contribution < 1.29 is 22.7 Å². The molecule has 0 saturated heterocycles. The maximum atomic E-state index is 13.0. The minimum atomic E-state index is -4.52. The third-order valence-electron chi connectivity index (χ3n) is 4.87. The maximum absolute atomic E-state index is 13.0. The van der Waals surface area contributed by atoms with Gasteiger partial charge in [0.25, 0.3) is 5.91 Å². The average Bonchev–Trinajstić information content (AvgIpc) is 3.41. The van der Waals surface area contributed by atoms with Gasteiger partial charge in [0, 0.05) is 23.5 Å². The van der Waals surface area contributed by atoms with Gasteiger partial charge in [-0.05, 0) is 54.6 Å². The lowest BCUT2D eigenvalue weighted by molar-refractivity contribution is -0.137. The van der Waals surface area contributed by atoms with Crippen molar-refractivity contribution in [2.24, 2.45) is 0 Å². The molecule has 0 saturated carbocycles. The van der Waals surface area contributed by atoms with Crippen molar-refractivity contribution >= 4 is 33.5 Å². The summed E-state index contributed by atoms with van der Waals surface area (Å²) < 4.78 is 44.9. The van der Waals surface area contributed by atoms with Gasteiger partial charge in [0.1, 0.15) is 17.1 Å². The molecule has 0 atom stereocenters. The molecular formula is C22H14F3N5O2. The molecule has 0 fully saturated rings. The van der Waals surface area contributed by atoms with Crippen molar-refractivity contribution in [1.29, 1.82) is 0 Å². The summed E-state index contributed by atoms with van der Waals surface area (Å²) in [4.78, 5) is 19.8. The van der Waals surface area contributed by atoms with Crippen LogP contribution in [0.2, 0.25) is 0 Å². The van der Waals surface area contributed by atoms with E-state index in [-0.39, 0.29) is 11.1 Å². The molecule has 0 aliphatic rings. The van der Waals surface area contributed by atoms with Crippen LogP contribution >= 0.6 is 0 Å². The first-order valence-electron chi connectivity index (χ1n) is 9.45. The van der Waals surface area contributed by atoms with Crippen molar-refractivity contribution in [3.8, 4) is 11.5 Å².